The van der Waals surface area contributed by atoms with Gasteiger partial charge in [0.2, 0.25) is 0 Å². The quantitative estimate of drug-likeness (QED) is 0.135. The van der Waals surface area contributed by atoms with E-state index >= 15 is 0 Å². The van der Waals surface area contributed by atoms with Crippen molar-refractivity contribution in [1.29, 1.82) is 0 Å². The molecule has 0 aliphatic rings. The van der Waals surface area contributed by atoms with E-state index in [4.69, 9.17) is 53.8 Å². The molecule has 0 spiro atoms. The molecule has 14 N–H and O–H groups in total. The van der Waals surface area contributed by atoms with Crippen molar-refractivity contribution in [3.05, 3.63) is 0 Å². The Morgan fingerprint density at radius 2 is 1.03 bits per heavy atom. The van der Waals surface area contributed by atoms with Gasteiger partial charge in [0.15, 0.2) is 0 Å². The van der Waals surface area contributed by atoms with E-state index in [0.29, 0.717) is 12.3 Å². The summed E-state index contributed by atoms with van der Waals surface area (Å²) in [7, 11) is 0. The molecule has 0 heterocycles. The number of carboxylic acids is 4. The first kappa shape index (κ1) is 43.2. The Hall–Kier alpha value is -2.85. The largest absolute Gasteiger partial charge is 0.480 e. The van der Waals surface area contributed by atoms with Crippen molar-refractivity contribution in [2.45, 2.75) is 105 Å². The fraction of sp³-hybridized carbons (Fsp3) is 0.792. The molecule has 0 saturated heterocycles. The van der Waals surface area contributed by atoms with Crippen LogP contribution < -0.4 is 28.7 Å². The molecule has 0 aromatic rings. The first-order valence-corrected chi connectivity index (χ1v) is 12.4. The standard InChI is InChI=1S/C9H18N2O4.2C6H13NO2.C3H7NO2/c1-4(2)6(10)9(14)15-5(3)7(11)8(12)13;1-4(2)3-5(7)6(8)9;1-3-4(2)5(7)6(8)9;1-2(4)3(5)6/h4-7H,10-11H2,1-3H3,(H,12,13);2*4-5H,3,7H2,1-2H3,(H,8,9);2H,4H2,1H3,(H,5,6)/t5-,6+,7+;5-;4-,5-;2-/m1000/s1. The van der Waals surface area contributed by atoms with Crippen LogP contribution in [0.3, 0.4) is 0 Å². The molecule has 15 heteroatoms. The highest BCUT2D eigenvalue weighted by molar-refractivity contribution is 5.78. The van der Waals surface area contributed by atoms with Gasteiger partial charge < -0.3 is 53.8 Å². The molecule has 15 nitrogen and oxygen atoms in total. The number of hydrogen-bond donors (Lipinski definition) is 9. The third-order valence-electron chi connectivity index (χ3n) is 5.06. The molecule has 0 aliphatic carbocycles. The number of nitrogens with two attached hydrogens (primary N) is 5. The summed E-state index contributed by atoms with van der Waals surface area (Å²) in [5.74, 6) is -4.27. The zero-order chi connectivity index (χ0) is 32.2. The molecule has 0 radical (unpaired) electrons. The van der Waals surface area contributed by atoms with Gasteiger partial charge in [-0.1, -0.05) is 48.0 Å². The number of aliphatic carboxylic acids is 4. The summed E-state index contributed by atoms with van der Waals surface area (Å²) in [4.78, 5) is 51.7. The average molecular weight is 570 g/mol. The predicted molar refractivity (Wildman–Crippen MR) is 145 cm³/mol. The molecule has 232 valence electrons. The van der Waals surface area contributed by atoms with Crippen LogP contribution in [-0.2, 0) is 28.7 Å². The topological polar surface area (TPSA) is 306 Å². The molecule has 0 amide bonds. The lowest BCUT2D eigenvalue weighted by molar-refractivity contribution is -0.155. The third-order valence-corrected chi connectivity index (χ3v) is 5.06. The summed E-state index contributed by atoms with van der Waals surface area (Å²) in [5, 5.41) is 33.1. The number of rotatable bonds is 12. The van der Waals surface area contributed by atoms with Crippen molar-refractivity contribution in [2.24, 2.45) is 46.4 Å². The maximum atomic E-state index is 11.3. The number of esters is 1. The SMILES string of the molecule is CC(C)C[C@H](N)C(=O)O.CC(C)[C@H](N)C(=O)O[C@H](C)[C@H](N)C(=O)O.CC[C@H](C)[C@H](N)C(=O)O.C[C@H](N)C(=O)O. The number of ether oxygens (including phenoxy) is 1. The number of carbonyl (C=O) groups excluding carboxylic acids is 1. The first-order chi connectivity index (χ1) is 17.5. The van der Waals surface area contributed by atoms with Gasteiger partial charge in [-0.15, -0.1) is 0 Å². The minimum absolute atomic E-state index is 0.0641. The lowest BCUT2D eigenvalue weighted by Crippen LogP contribution is -2.46. The van der Waals surface area contributed by atoms with Crippen LogP contribution in [0.15, 0.2) is 0 Å². The van der Waals surface area contributed by atoms with Gasteiger partial charge >= 0.3 is 29.8 Å². The smallest absolute Gasteiger partial charge is 0.324 e. The summed E-state index contributed by atoms with van der Waals surface area (Å²) >= 11 is 0. The summed E-state index contributed by atoms with van der Waals surface area (Å²) in [6.45, 7) is 14.0. The molecule has 0 bridgehead atoms. The van der Waals surface area contributed by atoms with Crippen LogP contribution in [0.1, 0.15) is 68.2 Å². The molecular formula is C24H51N5O10. The van der Waals surface area contributed by atoms with Crippen LogP contribution in [-0.4, -0.2) is 86.6 Å². The van der Waals surface area contributed by atoms with E-state index in [2.05, 4.69) is 0 Å². The highest BCUT2D eigenvalue weighted by Gasteiger charge is 2.27. The van der Waals surface area contributed by atoms with Gasteiger partial charge in [0.1, 0.15) is 36.3 Å². The number of carbonyl (C=O) groups is 5. The molecule has 0 unspecified atom stereocenters. The molecule has 0 rings (SSSR count). The van der Waals surface area contributed by atoms with Gasteiger partial charge in [-0.05, 0) is 38.0 Å². The molecule has 0 aromatic heterocycles. The lowest BCUT2D eigenvalue weighted by atomic mass is 10.0. The van der Waals surface area contributed by atoms with E-state index < -0.39 is 66.2 Å². The summed E-state index contributed by atoms with van der Waals surface area (Å²) in [6.07, 6.45) is 0.475. The van der Waals surface area contributed by atoms with Crippen molar-refractivity contribution >= 4 is 29.8 Å². The monoisotopic (exact) mass is 569 g/mol. The Kier molecular flexibility index (Phi) is 25.6. The Morgan fingerprint density at radius 3 is 1.21 bits per heavy atom. The van der Waals surface area contributed by atoms with Crippen molar-refractivity contribution in [3.8, 4) is 0 Å². The van der Waals surface area contributed by atoms with E-state index in [-0.39, 0.29) is 11.8 Å². The van der Waals surface area contributed by atoms with Gasteiger partial charge in [0.05, 0.1) is 0 Å². The molecule has 39 heavy (non-hydrogen) atoms. The Labute approximate surface area is 230 Å². The van der Waals surface area contributed by atoms with Gasteiger partial charge in [0.25, 0.3) is 0 Å². The maximum absolute atomic E-state index is 11.3. The van der Waals surface area contributed by atoms with Crippen molar-refractivity contribution in [3.63, 3.8) is 0 Å². The predicted octanol–water partition coefficient (Wildman–Crippen LogP) is -0.380. The van der Waals surface area contributed by atoms with Crippen LogP contribution in [0, 0.1) is 17.8 Å². The van der Waals surface area contributed by atoms with Crippen LogP contribution in [0.4, 0.5) is 0 Å². The second-order valence-electron chi connectivity index (χ2n) is 9.73. The minimum atomic E-state index is -1.23. The van der Waals surface area contributed by atoms with Crippen molar-refractivity contribution < 1.29 is 49.1 Å². The fourth-order valence-electron chi connectivity index (χ4n) is 1.91. The van der Waals surface area contributed by atoms with Gasteiger partial charge in [-0.3, -0.25) is 24.0 Å². The average Bonchev–Trinajstić information content (AvgIpc) is 2.82. The zero-order valence-corrected chi connectivity index (χ0v) is 24.2. The minimum Gasteiger partial charge on any atom is -0.480 e. The number of carboxylic acid groups (broad SMARTS) is 4. The highest BCUT2D eigenvalue weighted by Crippen LogP contribution is 2.05. The van der Waals surface area contributed by atoms with Crippen LogP contribution in [0.5, 0.6) is 0 Å². The second-order valence-corrected chi connectivity index (χ2v) is 9.73. The van der Waals surface area contributed by atoms with E-state index in [9.17, 15) is 24.0 Å². The summed E-state index contributed by atoms with van der Waals surface area (Å²) in [6, 6.07) is -4.10. The van der Waals surface area contributed by atoms with Crippen molar-refractivity contribution in [1.82, 2.24) is 0 Å². The normalized spacial score (nSPS) is 15.7. The van der Waals surface area contributed by atoms with Crippen LogP contribution in [0.2, 0.25) is 0 Å². The van der Waals surface area contributed by atoms with Gasteiger partial charge in [-0.25, -0.2) is 0 Å². The lowest BCUT2D eigenvalue weighted by Gasteiger charge is -2.20. The van der Waals surface area contributed by atoms with Gasteiger partial charge in [-0.2, -0.15) is 0 Å². The van der Waals surface area contributed by atoms with Crippen LogP contribution in [0.25, 0.3) is 0 Å². The second kappa shape index (κ2) is 23.1. The maximum Gasteiger partial charge on any atom is 0.324 e. The van der Waals surface area contributed by atoms with Gasteiger partial charge in [0, 0.05) is 0 Å². The Morgan fingerprint density at radius 1 is 0.641 bits per heavy atom. The van der Waals surface area contributed by atoms with E-state index in [0.717, 1.165) is 6.42 Å². The summed E-state index contributed by atoms with van der Waals surface area (Å²) < 4.78 is 4.83. The zero-order valence-electron chi connectivity index (χ0n) is 24.2. The molecule has 0 aliphatic heterocycles. The molecule has 0 saturated carbocycles. The molecular weight excluding hydrogens is 518 g/mol. The van der Waals surface area contributed by atoms with Crippen molar-refractivity contribution in [2.75, 3.05) is 0 Å². The third kappa shape index (κ3) is 25.2. The molecule has 0 aromatic carbocycles. The highest BCUT2D eigenvalue weighted by atomic mass is 16.5. The molecule has 0 fully saturated rings. The van der Waals surface area contributed by atoms with E-state index in [1.807, 2.05) is 27.7 Å². The summed E-state index contributed by atoms with van der Waals surface area (Å²) in [5.41, 5.74) is 26.1. The Bertz CT molecular complexity index is 734. The van der Waals surface area contributed by atoms with Crippen LogP contribution >= 0.6 is 0 Å². The Balaban J connectivity index is -0.000000222. The fourth-order valence-corrected chi connectivity index (χ4v) is 1.91. The van der Waals surface area contributed by atoms with E-state index in [1.54, 1.807) is 13.8 Å². The van der Waals surface area contributed by atoms with E-state index in [1.165, 1.54) is 13.8 Å². The first-order valence-electron chi connectivity index (χ1n) is 12.4. The molecule has 7 atom stereocenters. The number of hydrogen-bond acceptors (Lipinski definition) is 11.